The average molecular weight is 397 g/mol. The summed E-state index contributed by atoms with van der Waals surface area (Å²) in [4.78, 5) is 31.9. The van der Waals surface area contributed by atoms with Gasteiger partial charge in [0.1, 0.15) is 5.82 Å². The van der Waals surface area contributed by atoms with Gasteiger partial charge in [-0.2, -0.15) is 0 Å². The molecule has 29 heavy (non-hydrogen) atoms. The molecule has 3 N–H and O–H groups in total. The molecule has 1 aromatic heterocycles. The fourth-order valence-electron chi connectivity index (χ4n) is 5.74. The van der Waals surface area contributed by atoms with Crippen LogP contribution in [0.15, 0.2) is 12.1 Å². The van der Waals surface area contributed by atoms with E-state index < -0.39 is 0 Å². The highest BCUT2D eigenvalue weighted by Crippen LogP contribution is 2.66. The van der Waals surface area contributed by atoms with Gasteiger partial charge in [-0.3, -0.25) is 9.59 Å². The summed E-state index contributed by atoms with van der Waals surface area (Å²) >= 11 is 0. The summed E-state index contributed by atoms with van der Waals surface area (Å²) in [7, 11) is 0. The van der Waals surface area contributed by atoms with Crippen molar-refractivity contribution in [1.29, 1.82) is 0 Å². The molecule has 1 aliphatic heterocycles. The molecule has 5 rings (SSSR count). The molecular weight excluding hydrogens is 364 g/mol. The number of rotatable bonds is 4. The van der Waals surface area contributed by atoms with Crippen molar-refractivity contribution in [2.75, 3.05) is 18.8 Å². The Morgan fingerprint density at radius 3 is 2.38 bits per heavy atom. The second kappa shape index (κ2) is 7.29. The summed E-state index contributed by atoms with van der Waals surface area (Å²) in [6, 6.07) is 4.05. The molecule has 6 heteroatoms. The Hall–Kier alpha value is -2.11. The fraction of sp³-hybridized carbons (Fsp3) is 0.696. The van der Waals surface area contributed by atoms with Crippen molar-refractivity contribution in [3.8, 4) is 0 Å². The maximum atomic E-state index is 12.8. The van der Waals surface area contributed by atoms with Crippen LogP contribution in [0.2, 0.25) is 0 Å². The third-order valence-corrected chi connectivity index (χ3v) is 7.94. The number of hydrogen-bond donors (Lipinski definition) is 2. The number of carbonyl (C=O) groups excluding carboxylic acids is 2. The van der Waals surface area contributed by atoms with E-state index in [0.717, 1.165) is 50.9 Å². The van der Waals surface area contributed by atoms with Crippen molar-refractivity contribution in [3.05, 3.63) is 23.4 Å². The first-order chi connectivity index (χ1) is 14.1. The molecule has 4 aliphatic rings. The lowest BCUT2D eigenvalue weighted by Crippen LogP contribution is -2.40. The molecular formula is C23H32N4O2. The number of hydrogen-bond acceptors (Lipinski definition) is 4. The first-order valence-corrected chi connectivity index (χ1v) is 11.4. The number of carbonyl (C=O) groups is 2. The summed E-state index contributed by atoms with van der Waals surface area (Å²) in [6.07, 6.45) is 11.2. The van der Waals surface area contributed by atoms with Gasteiger partial charge in [-0.1, -0.05) is 19.3 Å². The smallest absolute Gasteiger partial charge is 0.255 e. The molecule has 6 nitrogen and oxygen atoms in total. The highest BCUT2D eigenvalue weighted by molar-refractivity contribution is 5.98. The van der Waals surface area contributed by atoms with Crippen LogP contribution in [0.1, 0.15) is 86.2 Å². The van der Waals surface area contributed by atoms with E-state index in [1.54, 1.807) is 0 Å². The highest BCUT2D eigenvalue weighted by atomic mass is 16.2. The molecule has 0 radical (unpaired) electrons. The van der Waals surface area contributed by atoms with Gasteiger partial charge in [0, 0.05) is 36.7 Å². The molecule has 4 fully saturated rings. The second-order valence-electron chi connectivity index (χ2n) is 9.70. The number of nitrogens with one attached hydrogen (secondary N) is 1. The molecule has 2 heterocycles. The topological polar surface area (TPSA) is 88.3 Å². The van der Waals surface area contributed by atoms with Crippen molar-refractivity contribution in [3.63, 3.8) is 0 Å². The van der Waals surface area contributed by atoms with Gasteiger partial charge < -0.3 is 16.0 Å². The lowest BCUT2D eigenvalue weighted by Gasteiger charge is -2.34. The maximum absolute atomic E-state index is 12.8. The van der Waals surface area contributed by atoms with Gasteiger partial charge in [-0.25, -0.2) is 4.98 Å². The predicted molar refractivity (Wildman–Crippen MR) is 111 cm³/mol. The zero-order chi connectivity index (χ0) is 20.0. The molecule has 2 amide bonds. The minimum Gasteiger partial charge on any atom is -0.383 e. The van der Waals surface area contributed by atoms with Gasteiger partial charge in [0.25, 0.3) is 5.91 Å². The summed E-state index contributed by atoms with van der Waals surface area (Å²) in [5.41, 5.74) is 7.98. The van der Waals surface area contributed by atoms with Crippen molar-refractivity contribution in [2.24, 2.45) is 11.3 Å². The Bertz CT molecular complexity index is 805. The SMILES string of the molecule is Nc1nc(C2CCN(C(=O)C3CC34CCC4)CC2)ccc1C(=O)NC1CCCC1. The molecule has 156 valence electrons. The summed E-state index contributed by atoms with van der Waals surface area (Å²) in [5.74, 6) is 1.21. The number of pyridine rings is 1. The van der Waals surface area contributed by atoms with E-state index in [4.69, 9.17) is 5.73 Å². The van der Waals surface area contributed by atoms with Crippen LogP contribution >= 0.6 is 0 Å². The number of aromatic nitrogens is 1. The molecule has 1 atom stereocenters. The first-order valence-electron chi connectivity index (χ1n) is 11.4. The van der Waals surface area contributed by atoms with Gasteiger partial charge in [0.2, 0.25) is 5.91 Å². The molecule has 3 aliphatic carbocycles. The third-order valence-electron chi connectivity index (χ3n) is 7.94. The average Bonchev–Trinajstić information content (AvgIpc) is 3.29. The quantitative estimate of drug-likeness (QED) is 0.818. The summed E-state index contributed by atoms with van der Waals surface area (Å²) < 4.78 is 0. The lowest BCUT2D eigenvalue weighted by atomic mass is 9.79. The number of nitrogen functional groups attached to an aromatic ring is 1. The predicted octanol–water partition coefficient (Wildman–Crippen LogP) is 3.23. The van der Waals surface area contributed by atoms with Gasteiger partial charge in [0.05, 0.1) is 5.56 Å². The number of nitrogens with two attached hydrogens (primary N) is 1. The summed E-state index contributed by atoms with van der Waals surface area (Å²) in [6.45, 7) is 1.61. The van der Waals surface area contributed by atoms with Gasteiger partial charge in [0.15, 0.2) is 0 Å². The van der Waals surface area contributed by atoms with Crippen LogP contribution in [0.5, 0.6) is 0 Å². The maximum Gasteiger partial charge on any atom is 0.255 e. The minimum atomic E-state index is -0.108. The molecule has 1 spiro atoms. The van der Waals surface area contributed by atoms with Crippen LogP contribution in [0, 0.1) is 11.3 Å². The fourth-order valence-corrected chi connectivity index (χ4v) is 5.74. The Morgan fingerprint density at radius 1 is 1.07 bits per heavy atom. The van der Waals surface area contributed by atoms with Crippen molar-refractivity contribution < 1.29 is 9.59 Å². The van der Waals surface area contributed by atoms with Crippen LogP contribution in [0.4, 0.5) is 5.82 Å². The van der Waals surface area contributed by atoms with Crippen LogP contribution < -0.4 is 11.1 Å². The highest BCUT2D eigenvalue weighted by Gasteiger charge is 2.61. The van der Waals surface area contributed by atoms with Crippen LogP contribution in [-0.4, -0.2) is 40.8 Å². The normalized spacial score (nSPS) is 26.3. The van der Waals surface area contributed by atoms with Gasteiger partial charge in [-0.05, 0) is 62.5 Å². The zero-order valence-corrected chi connectivity index (χ0v) is 17.2. The van der Waals surface area contributed by atoms with Crippen LogP contribution in [-0.2, 0) is 4.79 Å². The number of piperidine rings is 1. The van der Waals surface area contributed by atoms with Crippen molar-refractivity contribution in [1.82, 2.24) is 15.2 Å². The Morgan fingerprint density at radius 2 is 1.79 bits per heavy atom. The standard InChI is InChI=1S/C23H32N4O2/c24-20-17(21(28)25-16-4-1-2-5-16)6-7-19(26-20)15-8-12-27(13-9-15)22(29)18-14-23(18)10-3-11-23/h6-7,15-16,18H,1-5,8-14H2,(H2,24,26)(H,25,28). The van der Waals surface area contributed by atoms with Crippen LogP contribution in [0.3, 0.4) is 0 Å². The van der Waals surface area contributed by atoms with E-state index in [1.165, 1.54) is 32.1 Å². The number of likely N-dealkylation sites (tertiary alicyclic amines) is 1. The molecule has 1 saturated heterocycles. The number of anilines is 1. The summed E-state index contributed by atoms with van der Waals surface area (Å²) in [5, 5.41) is 3.08. The largest absolute Gasteiger partial charge is 0.383 e. The molecule has 0 aromatic carbocycles. The molecule has 1 unspecified atom stereocenters. The van der Waals surface area contributed by atoms with Crippen molar-refractivity contribution >= 4 is 17.6 Å². The number of amides is 2. The Balaban J connectivity index is 1.17. The Kier molecular flexibility index (Phi) is 4.75. The van der Waals surface area contributed by atoms with Crippen LogP contribution in [0.25, 0.3) is 0 Å². The van der Waals surface area contributed by atoms with Gasteiger partial charge in [-0.15, -0.1) is 0 Å². The zero-order valence-electron chi connectivity index (χ0n) is 17.2. The molecule has 3 saturated carbocycles. The van der Waals surface area contributed by atoms with E-state index in [2.05, 4.69) is 15.2 Å². The monoisotopic (exact) mass is 396 g/mol. The Labute approximate surface area is 172 Å². The lowest BCUT2D eigenvalue weighted by molar-refractivity contribution is -0.135. The van der Waals surface area contributed by atoms with E-state index in [1.807, 2.05) is 12.1 Å². The van der Waals surface area contributed by atoms with Gasteiger partial charge >= 0.3 is 0 Å². The molecule has 1 aromatic rings. The number of nitrogens with zero attached hydrogens (tertiary/aromatic N) is 2. The van der Waals surface area contributed by atoms with E-state index in [9.17, 15) is 9.59 Å². The third kappa shape index (κ3) is 3.51. The minimum absolute atomic E-state index is 0.108. The van der Waals surface area contributed by atoms with E-state index in [-0.39, 0.29) is 11.9 Å². The van der Waals surface area contributed by atoms with E-state index in [0.29, 0.717) is 34.5 Å². The first kappa shape index (κ1) is 18.9. The second-order valence-corrected chi connectivity index (χ2v) is 9.70. The van der Waals surface area contributed by atoms with E-state index >= 15 is 0 Å². The van der Waals surface area contributed by atoms with Crippen molar-refractivity contribution in [2.45, 2.75) is 76.2 Å². The molecule has 0 bridgehead atoms.